The highest BCUT2D eigenvalue weighted by Gasteiger charge is 2.11. The van der Waals surface area contributed by atoms with Crippen molar-refractivity contribution in [2.45, 2.75) is 26.4 Å². The summed E-state index contributed by atoms with van der Waals surface area (Å²) in [7, 11) is 0. The second-order valence-corrected chi connectivity index (χ2v) is 3.36. The zero-order valence-corrected chi connectivity index (χ0v) is 7.92. The molecule has 1 aromatic carbocycles. The van der Waals surface area contributed by atoms with Crippen molar-refractivity contribution in [3.05, 3.63) is 41.7 Å². The van der Waals surface area contributed by atoms with E-state index < -0.39 is 0 Å². The Morgan fingerprint density at radius 3 is 3.00 bits per heavy atom. The SMILES string of the molecule is CCCC1=COCc2ccccc21. The lowest BCUT2D eigenvalue weighted by Crippen LogP contribution is -2.01. The van der Waals surface area contributed by atoms with Gasteiger partial charge >= 0.3 is 0 Å². The fraction of sp³-hybridized carbons (Fsp3) is 0.333. The molecule has 1 heteroatoms. The van der Waals surface area contributed by atoms with Gasteiger partial charge in [-0.15, -0.1) is 0 Å². The summed E-state index contributed by atoms with van der Waals surface area (Å²) in [6.07, 6.45) is 4.19. The third-order valence-corrected chi connectivity index (χ3v) is 2.35. The Morgan fingerprint density at radius 1 is 1.31 bits per heavy atom. The zero-order chi connectivity index (χ0) is 9.10. The van der Waals surface area contributed by atoms with E-state index in [1.165, 1.54) is 23.1 Å². The van der Waals surface area contributed by atoms with Crippen molar-refractivity contribution in [2.24, 2.45) is 0 Å². The molecule has 0 unspecified atom stereocenters. The van der Waals surface area contributed by atoms with Gasteiger partial charge in [0.05, 0.1) is 6.26 Å². The maximum absolute atomic E-state index is 5.40. The molecule has 1 nitrogen and oxygen atoms in total. The Hall–Kier alpha value is -1.24. The van der Waals surface area contributed by atoms with Crippen molar-refractivity contribution in [2.75, 3.05) is 0 Å². The third kappa shape index (κ3) is 1.59. The van der Waals surface area contributed by atoms with Crippen molar-refractivity contribution in [3.63, 3.8) is 0 Å². The Bertz CT molecular complexity index is 326. The molecule has 0 radical (unpaired) electrons. The largest absolute Gasteiger partial charge is 0.496 e. The minimum Gasteiger partial charge on any atom is -0.496 e. The molecule has 68 valence electrons. The summed E-state index contributed by atoms with van der Waals surface area (Å²) < 4.78 is 5.40. The second kappa shape index (κ2) is 3.65. The molecule has 0 aliphatic carbocycles. The van der Waals surface area contributed by atoms with Gasteiger partial charge in [-0.3, -0.25) is 0 Å². The number of fused-ring (bicyclic) bond motifs is 1. The topological polar surface area (TPSA) is 9.23 Å². The van der Waals surface area contributed by atoms with Crippen LogP contribution in [0.5, 0.6) is 0 Å². The van der Waals surface area contributed by atoms with Gasteiger partial charge in [-0.2, -0.15) is 0 Å². The standard InChI is InChI=1S/C12H14O/c1-2-5-10-8-13-9-11-6-3-4-7-12(10)11/h3-4,6-8H,2,5,9H2,1H3. The molecule has 13 heavy (non-hydrogen) atoms. The maximum Gasteiger partial charge on any atom is 0.113 e. The molecule has 0 atom stereocenters. The van der Waals surface area contributed by atoms with Gasteiger partial charge in [0.15, 0.2) is 0 Å². The van der Waals surface area contributed by atoms with E-state index in [4.69, 9.17) is 4.74 Å². The third-order valence-electron chi connectivity index (χ3n) is 2.35. The molecule has 0 N–H and O–H groups in total. The molecule has 0 saturated heterocycles. The Kier molecular flexibility index (Phi) is 2.35. The highest BCUT2D eigenvalue weighted by atomic mass is 16.5. The fourth-order valence-electron chi connectivity index (χ4n) is 1.72. The van der Waals surface area contributed by atoms with Gasteiger partial charge in [0.25, 0.3) is 0 Å². The van der Waals surface area contributed by atoms with E-state index in [1.54, 1.807) is 0 Å². The molecule has 0 bridgehead atoms. The number of rotatable bonds is 2. The van der Waals surface area contributed by atoms with E-state index in [9.17, 15) is 0 Å². The quantitative estimate of drug-likeness (QED) is 0.668. The lowest BCUT2D eigenvalue weighted by atomic mass is 9.96. The van der Waals surface area contributed by atoms with Crippen LogP contribution in [-0.2, 0) is 11.3 Å². The van der Waals surface area contributed by atoms with Gasteiger partial charge in [0.1, 0.15) is 6.61 Å². The van der Waals surface area contributed by atoms with E-state index in [0.717, 1.165) is 13.0 Å². The van der Waals surface area contributed by atoms with Crippen molar-refractivity contribution < 1.29 is 4.74 Å². The highest BCUT2D eigenvalue weighted by molar-refractivity contribution is 5.68. The first kappa shape index (κ1) is 8.36. The van der Waals surface area contributed by atoms with Gasteiger partial charge in [-0.1, -0.05) is 37.6 Å². The van der Waals surface area contributed by atoms with Gasteiger partial charge < -0.3 is 4.74 Å². The summed E-state index contributed by atoms with van der Waals surface area (Å²) in [4.78, 5) is 0. The van der Waals surface area contributed by atoms with E-state index >= 15 is 0 Å². The first-order chi connectivity index (χ1) is 6.42. The summed E-state index contributed by atoms with van der Waals surface area (Å²) in [5.41, 5.74) is 4.02. The molecule has 1 aliphatic rings. The van der Waals surface area contributed by atoms with Crippen LogP contribution in [0.3, 0.4) is 0 Å². The van der Waals surface area contributed by atoms with E-state index in [-0.39, 0.29) is 0 Å². The first-order valence-electron chi connectivity index (χ1n) is 4.80. The van der Waals surface area contributed by atoms with Crippen LogP contribution in [0.2, 0.25) is 0 Å². The van der Waals surface area contributed by atoms with Crippen molar-refractivity contribution in [3.8, 4) is 0 Å². The van der Waals surface area contributed by atoms with E-state index in [1.807, 2.05) is 6.26 Å². The number of allylic oxidation sites excluding steroid dienone is 1. The molecule has 0 amide bonds. The smallest absolute Gasteiger partial charge is 0.113 e. The molecule has 0 aromatic heterocycles. The molecule has 0 fully saturated rings. The summed E-state index contributed by atoms with van der Waals surface area (Å²) >= 11 is 0. The zero-order valence-electron chi connectivity index (χ0n) is 7.92. The van der Waals surface area contributed by atoms with Crippen molar-refractivity contribution in [1.82, 2.24) is 0 Å². The van der Waals surface area contributed by atoms with Crippen LogP contribution < -0.4 is 0 Å². The first-order valence-corrected chi connectivity index (χ1v) is 4.80. The molecule has 1 aromatic rings. The molecular weight excluding hydrogens is 160 g/mol. The van der Waals surface area contributed by atoms with Crippen LogP contribution in [0.4, 0.5) is 0 Å². The monoisotopic (exact) mass is 174 g/mol. The van der Waals surface area contributed by atoms with Crippen LogP contribution in [0.1, 0.15) is 30.9 Å². The molecule has 1 aliphatic heterocycles. The van der Waals surface area contributed by atoms with Crippen LogP contribution >= 0.6 is 0 Å². The predicted molar refractivity (Wildman–Crippen MR) is 54.1 cm³/mol. The van der Waals surface area contributed by atoms with Crippen LogP contribution in [0.25, 0.3) is 5.57 Å². The van der Waals surface area contributed by atoms with Gasteiger partial charge in [0, 0.05) is 0 Å². The number of hydrogen-bond acceptors (Lipinski definition) is 1. The normalized spacial score (nSPS) is 14.4. The number of hydrogen-bond donors (Lipinski definition) is 0. The van der Waals surface area contributed by atoms with Crippen LogP contribution in [0, 0.1) is 0 Å². The maximum atomic E-state index is 5.40. The van der Waals surface area contributed by atoms with Gasteiger partial charge in [-0.25, -0.2) is 0 Å². The lowest BCUT2D eigenvalue weighted by molar-refractivity contribution is 0.232. The summed E-state index contributed by atoms with van der Waals surface area (Å²) in [5, 5.41) is 0. The average molecular weight is 174 g/mol. The summed E-state index contributed by atoms with van der Waals surface area (Å²) in [5.74, 6) is 0. The second-order valence-electron chi connectivity index (χ2n) is 3.36. The Morgan fingerprint density at radius 2 is 2.15 bits per heavy atom. The average Bonchev–Trinajstić information content (AvgIpc) is 2.19. The number of ether oxygens (including phenoxy) is 1. The molecule has 1 heterocycles. The lowest BCUT2D eigenvalue weighted by Gasteiger charge is -2.17. The van der Waals surface area contributed by atoms with E-state index in [2.05, 4.69) is 31.2 Å². The van der Waals surface area contributed by atoms with Gasteiger partial charge in [-0.05, 0) is 23.1 Å². The fourth-order valence-corrected chi connectivity index (χ4v) is 1.72. The van der Waals surface area contributed by atoms with Crippen molar-refractivity contribution >= 4 is 5.57 Å². The van der Waals surface area contributed by atoms with Gasteiger partial charge in [0.2, 0.25) is 0 Å². The van der Waals surface area contributed by atoms with E-state index in [0.29, 0.717) is 0 Å². The van der Waals surface area contributed by atoms with Crippen LogP contribution in [0.15, 0.2) is 30.5 Å². The van der Waals surface area contributed by atoms with Crippen LogP contribution in [-0.4, -0.2) is 0 Å². The minimum atomic E-state index is 0.726. The molecular formula is C12H14O. The summed E-state index contributed by atoms with van der Waals surface area (Å²) in [6.45, 7) is 2.92. The Balaban J connectivity index is 2.36. The summed E-state index contributed by atoms with van der Waals surface area (Å²) in [6, 6.07) is 8.47. The molecule has 0 spiro atoms. The highest BCUT2D eigenvalue weighted by Crippen LogP contribution is 2.27. The number of benzene rings is 1. The van der Waals surface area contributed by atoms with Crippen molar-refractivity contribution in [1.29, 1.82) is 0 Å². The Labute approximate surface area is 79.0 Å². The minimum absolute atomic E-state index is 0.726. The molecule has 0 saturated carbocycles. The molecule has 2 rings (SSSR count). The predicted octanol–water partition coefficient (Wildman–Crippen LogP) is 3.36.